The smallest absolute Gasteiger partial charge is 0.226 e. The highest BCUT2D eigenvalue weighted by atomic mass is 32.1. The Morgan fingerprint density at radius 1 is 1.50 bits per heavy atom. The van der Waals surface area contributed by atoms with Gasteiger partial charge in [-0.2, -0.15) is 0 Å². The third-order valence-corrected chi connectivity index (χ3v) is 5.52. The van der Waals surface area contributed by atoms with E-state index in [4.69, 9.17) is 4.74 Å². The Morgan fingerprint density at radius 3 is 3.00 bits per heavy atom. The van der Waals surface area contributed by atoms with Gasteiger partial charge >= 0.3 is 0 Å². The van der Waals surface area contributed by atoms with Crippen molar-refractivity contribution < 1.29 is 14.6 Å². The molecule has 4 rings (SSSR count). The first-order valence-electron chi connectivity index (χ1n) is 8.51. The SMILES string of the molecule is COc1ccc(C(NC(=O)Cc2cn3ccsc3n2)C2CC(O)C2)cn1. The molecule has 1 saturated carbocycles. The number of rotatable bonds is 6. The summed E-state index contributed by atoms with van der Waals surface area (Å²) in [6.07, 6.45) is 6.82. The second kappa shape index (κ2) is 7.05. The van der Waals surface area contributed by atoms with Gasteiger partial charge in [-0.25, -0.2) is 9.97 Å². The number of nitrogens with zero attached hydrogens (tertiary/aromatic N) is 3. The summed E-state index contributed by atoms with van der Waals surface area (Å²) in [4.78, 5) is 22.2. The summed E-state index contributed by atoms with van der Waals surface area (Å²) in [5, 5.41) is 14.7. The van der Waals surface area contributed by atoms with Crippen LogP contribution in [0.25, 0.3) is 4.96 Å². The van der Waals surface area contributed by atoms with Crippen LogP contribution in [0.15, 0.2) is 36.1 Å². The van der Waals surface area contributed by atoms with E-state index in [1.54, 1.807) is 19.4 Å². The Hall–Kier alpha value is -2.45. The molecule has 0 spiro atoms. The van der Waals surface area contributed by atoms with Gasteiger partial charge in [0.1, 0.15) is 0 Å². The number of imidazole rings is 1. The Kier molecular flexibility index (Phi) is 4.60. The number of ether oxygens (including phenoxy) is 1. The molecule has 1 aliphatic carbocycles. The molecule has 26 heavy (non-hydrogen) atoms. The predicted molar refractivity (Wildman–Crippen MR) is 97.2 cm³/mol. The van der Waals surface area contributed by atoms with Crippen LogP contribution in [0.5, 0.6) is 5.88 Å². The normalized spacial score (nSPS) is 20.5. The zero-order chi connectivity index (χ0) is 18.1. The van der Waals surface area contributed by atoms with Gasteiger partial charge in [-0.1, -0.05) is 6.07 Å². The lowest BCUT2D eigenvalue weighted by Gasteiger charge is -2.38. The molecular weight excluding hydrogens is 352 g/mol. The van der Waals surface area contributed by atoms with Gasteiger partial charge in [-0.3, -0.25) is 9.20 Å². The molecule has 0 aliphatic heterocycles. The number of fused-ring (bicyclic) bond motifs is 1. The van der Waals surface area contributed by atoms with Crippen LogP contribution >= 0.6 is 11.3 Å². The van der Waals surface area contributed by atoms with E-state index in [0.29, 0.717) is 18.7 Å². The molecule has 1 aliphatic rings. The molecule has 0 bridgehead atoms. The van der Waals surface area contributed by atoms with Gasteiger partial charge in [0.15, 0.2) is 4.96 Å². The monoisotopic (exact) mass is 372 g/mol. The Labute approximate surface area is 154 Å². The number of carbonyl (C=O) groups excluding carboxylic acids is 1. The summed E-state index contributed by atoms with van der Waals surface area (Å²) in [7, 11) is 1.57. The third kappa shape index (κ3) is 3.42. The van der Waals surface area contributed by atoms with Crippen molar-refractivity contribution in [2.75, 3.05) is 7.11 Å². The fourth-order valence-electron chi connectivity index (χ4n) is 3.32. The maximum absolute atomic E-state index is 12.6. The van der Waals surface area contributed by atoms with E-state index in [9.17, 15) is 9.90 Å². The molecule has 0 aromatic carbocycles. The second-order valence-electron chi connectivity index (χ2n) is 6.57. The zero-order valence-electron chi connectivity index (χ0n) is 14.3. The predicted octanol–water partition coefficient (Wildman–Crippen LogP) is 1.97. The Bertz CT molecular complexity index is 870. The van der Waals surface area contributed by atoms with Crippen molar-refractivity contribution in [2.45, 2.75) is 31.4 Å². The van der Waals surface area contributed by atoms with Crippen LogP contribution < -0.4 is 10.1 Å². The minimum absolute atomic E-state index is 0.0852. The van der Waals surface area contributed by atoms with Gasteiger partial charge in [0.25, 0.3) is 0 Å². The largest absolute Gasteiger partial charge is 0.481 e. The Morgan fingerprint density at radius 2 is 2.35 bits per heavy atom. The van der Waals surface area contributed by atoms with E-state index < -0.39 is 0 Å². The number of thiazole rings is 1. The van der Waals surface area contributed by atoms with Crippen LogP contribution in [0.3, 0.4) is 0 Å². The highest BCUT2D eigenvalue weighted by molar-refractivity contribution is 7.15. The number of aromatic nitrogens is 3. The van der Waals surface area contributed by atoms with Crippen LogP contribution in [0, 0.1) is 5.92 Å². The summed E-state index contributed by atoms with van der Waals surface area (Å²) in [5.74, 6) is 0.651. The van der Waals surface area contributed by atoms with Crippen molar-refractivity contribution in [3.8, 4) is 5.88 Å². The molecule has 3 aromatic heterocycles. The average Bonchev–Trinajstić information content (AvgIpc) is 3.19. The van der Waals surface area contributed by atoms with E-state index in [1.807, 2.05) is 28.2 Å². The molecule has 3 aromatic rings. The number of hydrogen-bond donors (Lipinski definition) is 2. The number of aliphatic hydroxyl groups excluding tert-OH is 1. The van der Waals surface area contributed by atoms with Gasteiger partial charge in [-0.05, 0) is 24.3 Å². The lowest BCUT2D eigenvalue weighted by Crippen LogP contribution is -2.42. The molecule has 3 heterocycles. The molecule has 7 nitrogen and oxygen atoms in total. The van der Waals surface area contributed by atoms with Crippen molar-refractivity contribution in [1.29, 1.82) is 0 Å². The van der Waals surface area contributed by atoms with Gasteiger partial charge in [0.2, 0.25) is 11.8 Å². The lowest BCUT2D eigenvalue weighted by atomic mass is 9.75. The highest BCUT2D eigenvalue weighted by Gasteiger charge is 2.35. The van der Waals surface area contributed by atoms with E-state index in [0.717, 1.165) is 16.2 Å². The summed E-state index contributed by atoms with van der Waals surface area (Å²) in [6, 6.07) is 3.52. The van der Waals surface area contributed by atoms with E-state index in [-0.39, 0.29) is 30.4 Å². The number of carbonyl (C=O) groups is 1. The molecule has 8 heteroatoms. The number of hydrogen-bond acceptors (Lipinski definition) is 6. The molecule has 1 fully saturated rings. The van der Waals surface area contributed by atoms with Crippen molar-refractivity contribution in [1.82, 2.24) is 19.7 Å². The minimum Gasteiger partial charge on any atom is -0.481 e. The summed E-state index contributed by atoms with van der Waals surface area (Å²) >= 11 is 1.54. The van der Waals surface area contributed by atoms with Crippen LogP contribution in [0.2, 0.25) is 0 Å². The average molecular weight is 372 g/mol. The third-order valence-electron chi connectivity index (χ3n) is 4.75. The first-order chi connectivity index (χ1) is 12.6. The topological polar surface area (TPSA) is 88.8 Å². The standard InChI is InChI=1S/C18H20N4O3S/c1-25-16-3-2-11(9-19-16)17(12-6-14(23)7-12)21-15(24)8-13-10-22-4-5-26-18(22)20-13/h2-5,9-10,12,14,17,23H,6-8H2,1H3,(H,21,24). The maximum atomic E-state index is 12.6. The summed E-state index contributed by atoms with van der Waals surface area (Å²) < 4.78 is 7.02. The van der Waals surface area contributed by atoms with Crippen LogP contribution in [-0.4, -0.2) is 38.6 Å². The van der Waals surface area contributed by atoms with Crippen LogP contribution in [-0.2, 0) is 11.2 Å². The number of methoxy groups -OCH3 is 1. The van der Waals surface area contributed by atoms with E-state index in [1.165, 1.54) is 11.3 Å². The second-order valence-corrected chi connectivity index (χ2v) is 7.44. The molecule has 2 N–H and O–H groups in total. The fourth-order valence-corrected chi connectivity index (χ4v) is 4.04. The molecule has 1 amide bonds. The van der Waals surface area contributed by atoms with Gasteiger partial charge in [0, 0.05) is 30.0 Å². The van der Waals surface area contributed by atoms with Gasteiger partial charge in [0.05, 0.1) is 31.4 Å². The van der Waals surface area contributed by atoms with E-state index >= 15 is 0 Å². The summed E-state index contributed by atoms with van der Waals surface area (Å²) in [6.45, 7) is 0. The van der Waals surface area contributed by atoms with Crippen LogP contribution in [0.1, 0.15) is 30.1 Å². The lowest BCUT2D eigenvalue weighted by molar-refractivity contribution is -0.122. The number of pyridine rings is 1. The first kappa shape index (κ1) is 17.0. The first-order valence-corrected chi connectivity index (χ1v) is 9.39. The van der Waals surface area contributed by atoms with E-state index in [2.05, 4.69) is 15.3 Å². The molecule has 0 radical (unpaired) electrons. The van der Waals surface area contributed by atoms with Crippen molar-refractivity contribution >= 4 is 22.2 Å². The number of aliphatic hydroxyl groups is 1. The maximum Gasteiger partial charge on any atom is 0.226 e. The van der Waals surface area contributed by atoms with Crippen molar-refractivity contribution in [2.24, 2.45) is 5.92 Å². The molecule has 1 unspecified atom stereocenters. The molecule has 136 valence electrons. The van der Waals surface area contributed by atoms with Crippen molar-refractivity contribution in [3.63, 3.8) is 0 Å². The molecule has 0 saturated heterocycles. The van der Waals surface area contributed by atoms with Gasteiger partial charge in [-0.15, -0.1) is 11.3 Å². The Balaban J connectivity index is 1.48. The quantitative estimate of drug-likeness (QED) is 0.691. The molecular formula is C18H20N4O3S. The molecule has 1 atom stereocenters. The van der Waals surface area contributed by atoms with Gasteiger partial charge < -0.3 is 15.2 Å². The zero-order valence-corrected chi connectivity index (χ0v) is 15.1. The highest BCUT2D eigenvalue weighted by Crippen LogP contribution is 2.38. The van der Waals surface area contributed by atoms with Crippen molar-refractivity contribution in [3.05, 3.63) is 47.4 Å². The minimum atomic E-state index is -0.287. The fraction of sp³-hybridized carbons (Fsp3) is 0.389. The number of amides is 1. The van der Waals surface area contributed by atoms with Crippen LogP contribution in [0.4, 0.5) is 0 Å². The number of nitrogens with one attached hydrogen (secondary N) is 1. The summed E-state index contributed by atoms with van der Waals surface area (Å²) in [5.41, 5.74) is 1.66.